The Bertz CT molecular complexity index is 953. The van der Waals surface area contributed by atoms with E-state index in [-0.39, 0.29) is 21.8 Å². The molecule has 0 N–H and O–H groups in total. The van der Waals surface area contributed by atoms with Gasteiger partial charge in [0.05, 0.1) is 11.1 Å². The predicted octanol–water partition coefficient (Wildman–Crippen LogP) is 3.42. The fraction of sp³-hybridized carbons (Fsp3) is 0.143. The Morgan fingerprint density at radius 3 is 2.50 bits per heavy atom. The van der Waals surface area contributed by atoms with Gasteiger partial charge in [0.2, 0.25) is 15.3 Å². The summed E-state index contributed by atoms with van der Waals surface area (Å²) >= 11 is 11.8. The topological polar surface area (TPSA) is 64.8 Å². The summed E-state index contributed by atoms with van der Waals surface area (Å²) in [6, 6.07) is 10.6. The van der Waals surface area contributed by atoms with Crippen molar-refractivity contribution >= 4 is 44.3 Å². The Morgan fingerprint density at radius 1 is 1.14 bits per heavy atom. The molecule has 8 heteroatoms. The van der Waals surface area contributed by atoms with Crippen molar-refractivity contribution in [3.05, 3.63) is 58.1 Å². The first-order chi connectivity index (χ1) is 10.4. The normalized spacial score (nSPS) is 12.0. The molecule has 114 valence electrons. The largest absolute Gasteiger partial charge is 0.244 e. The molecule has 0 aliphatic carbocycles. The van der Waals surface area contributed by atoms with E-state index < -0.39 is 10.0 Å². The molecule has 0 radical (unpaired) electrons. The molecule has 5 nitrogen and oxygen atoms in total. The van der Waals surface area contributed by atoms with Gasteiger partial charge in [0.1, 0.15) is 5.15 Å². The molecular weight excluding hydrogens is 345 g/mol. The number of fused-ring (bicyclic) bond motifs is 1. The second kappa shape index (κ2) is 5.53. The molecule has 2 heterocycles. The van der Waals surface area contributed by atoms with Gasteiger partial charge in [0.15, 0.2) is 5.65 Å². The number of nitrogens with zero attached hydrogens (tertiary/aromatic N) is 3. The Labute approximate surface area is 137 Å². The molecule has 0 aliphatic heterocycles. The number of rotatable bonds is 3. The molecule has 0 saturated carbocycles. The molecule has 0 fully saturated rings. The van der Waals surface area contributed by atoms with Crippen molar-refractivity contribution in [3.63, 3.8) is 0 Å². The zero-order valence-corrected chi connectivity index (χ0v) is 13.8. The Balaban J connectivity index is 2.19. The maximum absolute atomic E-state index is 12.7. The third kappa shape index (κ3) is 2.69. The molecule has 3 aromatic rings. The van der Waals surface area contributed by atoms with Crippen molar-refractivity contribution < 1.29 is 8.42 Å². The van der Waals surface area contributed by atoms with Crippen molar-refractivity contribution in [2.75, 3.05) is 0 Å². The quantitative estimate of drug-likeness (QED) is 0.533. The van der Waals surface area contributed by atoms with E-state index in [2.05, 4.69) is 9.97 Å². The molecule has 3 rings (SSSR count). The zero-order valence-electron chi connectivity index (χ0n) is 11.5. The maximum atomic E-state index is 12.7. The van der Waals surface area contributed by atoms with Gasteiger partial charge in [-0.1, -0.05) is 41.9 Å². The van der Waals surface area contributed by atoms with Crippen molar-refractivity contribution in [1.29, 1.82) is 0 Å². The van der Waals surface area contributed by atoms with Crippen LogP contribution in [0.5, 0.6) is 0 Å². The number of hydrogen-bond acceptors (Lipinski definition) is 4. The number of benzene rings is 1. The van der Waals surface area contributed by atoms with Crippen LogP contribution in [-0.2, 0) is 15.8 Å². The van der Waals surface area contributed by atoms with Crippen LogP contribution in [-0.4, -0.2) is 22.4 Å². The van der Waals surface area contributed by atoms with E-state index in [1.54, 1.807) is 37.3 Å². The third-order valence-electron chi connectivity index (χ3n) is 3.19. The highest BCUT2D eigenvalue weighted by Crippen LogP contribution is 2.27. The highest BCUT2D eigenvalue weighted by Gasteiger charge is 2.22. The molecule has 0 atom stereocenters. The number of hydrogen-bond donors (Lipinski definition) is 0. The van der Waals surface area contributed by atoms with Crippen LogP contribution in [0.1, 0.15) is 11.3 Å². The third-order valence-corrected chi connectivity index (χ3v) is 5.36. The fourth-order valence-corrected chi connectivity index (χ4v) is 4.38. The van der Waals surface area contributed by atoms with Crippen LogP contribution in [0, 0.1) is 6.92 Å². The average molecular weight is 356 g/mol. The first-order valence-corrected chi connectivity index (χ1v) is 8.73. The summed E-state index contributed by atoms with van der Waals surface area (Å²) in [4.78, 5) is 7.85. The number of aromatic nitrogens is 3. The standard InChI is InChI=1S/C14H11Cl2N3O2S/c1-9-7-11-12(15)17-14(16)18-13(11)19(9)22(20,21)8-10-5-3-2-4-6-10/h2-7H,8H2,1H3. The van der Waals surface area contributed by atoms with Crippen LogP contribution in [0.15, 0.2) is 36.4 Å². The molecule has 0 saturated heterocycles. The predicted molar refractivity (Wildman–Crippen MR) is 86.7 cm³/mol. The summed E-state index contributed by atoms with van der Waals surface area (Å²) < 4.78 is 26.6. The minimum Gasteiger partial charge on any atom is -0.225 e. The lowest BCUT2D eigenvalue weighted by molar-refractivity contribution is 0.587. The smallest absolute Gasteiger partial charge is 0.225 e. The van der Waals surface area contributed by atoms with Gasteiger partial charge in [-0.25, -0.2) is 17.4 Å². The lowest BCUT2D eigenvalue weighted by Crippen LogP contribution is -2.16. The number of halogens is 2. The molecular formula is C14H11Cl2N3O2S. The molecule has 2 aromatic heterocycles. The average Bonchev–Trinajstić information content (AvgIpc) is 2.76. The maximum Gasteiger partial charge on any atom is 0.244 e. The van der Waals surface area contributed by atoms with E-state index in [1.807, 2.05) is 6.07 Å². The van der Waals surface area contributed by atoms with Crippen molar-refractivity contribution in [3.8, 4) is 0 Å². The van der Waals surface area contributed by atoms with E-state index in [0.717, 1.165) is 3.97 Å². The van der Waals surface area contributed by atoms with Crippen LogP contribution < -0.4 is 0 Å². The van der Waals surface area contributed by atoms with E-state index in [1.165, 1.54) is 0 Å². The summed E-state index contributed by atoms with van der Waals surface area (Å²) in [6.07, 6.45) is 0. The lowest BCUT2D eigenvalue weighted by Gasteiger charge is -2.09. The van der Waals surface area contributed by atoms with Crippen LogP contribution in [0.4, 0.5) is 0 Å². The highest BCUT2D eigenvalue weighted by atomic mass is 35.5. The summed E-state index contributed by atoms with van der Waals surface area (Å²) in [5, 5.41) is 0.499. The van der Waals surface area contributed by atoms with Crippen LogP contribution in [0.3, 0.4) is 0 Å². The molecule has 0 bridgehead atoms. The van der Waals surface area contributed by atoms with Crippen LogP contribution >= 0.6 is 23.2 Å². The second-order valence-corrected chi connectivity index (χ2v) is 7.33. The molecule has 0 amide bonds. The lowest BCUT2D eigenvalue weighted by atomic mass is 10.2. The van der Waals surface area contributed by atoms with E-state index in [4.69, 9.17) is 23.2 Å². The van der Waals surface area contributed by atoms with Gasteiger partial charge in [-0.05, 0) is 30.2 Å². The highest BCUT2D eigenvalue weighted by molar-refractivity contribution is 7.89. The van der Waals surface area contributed by atoms with Gasteiger partial charge in [0.25, 0.3) is 0 Å². The SMILES string of the molecule is Cc1cc2c(Cl)nc(Cl)nc2n1S(=O)(=O)Cc1ccccc1. The Kier molecular flexibility index (Phi) is 3.84. The van der Waals surface area contributed by atoms with Crippen molar-refractivity contribution in [1.82, 2.24) is 13.9 Å². The van der Waals surface area contributed by atoms with Crippen LogP contribution in [0.2, 0.25) is 10.4 Å². The first-order valence-electron chi connectivity index (χ1n) is 6.37. The summed E-state index contributed by atoms with van der Waals surface area (Å²) in [5.74, 6) is -0.141. The zero-order chi connectivity index (χ0) is 15.9. The second-order valence-electron chi connectivity index (χ2n) is 4.81. The van der Waals surface area contributed by atoms with Gasteiger partial charge in [-0.2, -0.15) is 4.98 Å². The van der Waals surface area contributed by atoms with Crippen LogP contribution in [0.25, 0.3) is 11.0 Å². The molecule has 0 spiro atoms. The van der Waals surface area contributed by atoms with E-state index >= 15 is 0 Å². The first kappa shape index (κ1) is 15.3. The molecule has 22 heavy (non-hydrogen) atoms. The van der Waals surface area contributed by atoms with Gasteiger partial charge < -0.3 is 0 Å². The van der Waals surface area contributed by atoms with Gasteiger partial charge in [0, 0.05) is 5.69 Å². The van der Waals surface area contributed by atoms with Crippen molar-refractivity contribution in [2.45, 2.75) is 12.7 Å². The minimum atomic E-state index is -3.65. The minimum absolute atomic E-state index is 0.0910. The molecule has 0 aliphatic rings. The van der Waals surface area contributed by atoms with Gasteiger partial charge >= 0.3 is 0 Å². The van der Waals surface area contributed by atoms with E-state index in [0.29, 0.717) is 16.6 Å². The Morgan fingerprint density at radius 2 is 1.82 bits per heavy atom. The van der Waals surface area contributed by atoms with Gasteiger partial charge in [-0.3, -0.25) is 0 Å². The molecule has 0 unspecified atom stereocenters. The summed E-state index contributed by atoms with van der Waals surface area (Å²) in [7, 11) is -3.65. The van der Waals surface area contributed by atoms with Gasteiger partial charge in [-0.15, -0.1) is 0 Å². The van der Waals surface area contributed by atoms with Crippen molar-refractivity contribution in [2.24, 2.45) is 0 Å². The summed E-state index contributed by atoms with van der Waals surface area (Å²) in [5.41, 5.74) is 1.39. The molecule has 1 aromatic carbocycles. The monoisotopic (exact) mass is 355 g/mol. The Hall–Kier alpha value is -1.63. The fourth-order valence-electron chi connectivity index (χ4n) is 2.32. The van der Waals surface area contributed by atoms with E-state index in [9.17, 15) is 8.42 Å². The summed E-state index contributed by atoms with van der Waals surface area (Å²) in [6.45, 7) is 1.68. The number of aryl methyl sites for hydroxylation is 1.